The Balaban J connectivity index is 2.09. The molecule has 1 fully saturated rings. The minimum atomic E-state index is -0.306. The quantitative estimate of drug-likeness (QED) is 0.608. The minimum Gasteiger partial charge on any atom is -0.461 e. The molecule has 1 aromatic carbocycles. The lowest BCUT2D eigenvalue weighted by molar-refractivity contribution is -0.148. The van der Waals surface area contributed by atoms with Crippen molar-refractivity contribution in [3.05, 3.63) is 35.9 Å². The highest BCUT2D eigenvalue weighted by atomic mass is 35.5. The van der Waals surface area contributed by atoms with E-state index >= 15 is 0 Å². The maximum atomic E-state index is 11.3. The van der Waals surface area contributed by atoms with E-state index in [4.69, 9.17) is 16.3 Å². The summed E-state index contributed by atoms with van der Waals surface area (Å²) in [6.07, 6.45) is 4.36. The molecule has 1 aliphatic rings. The number of ether oxygens (including phenoxy) is 1. The Morgan fingerprint density at radius 2 is 1.94 bits per heavy atom. The molecule has 1 aliphatic carbocycles. The Kier molecular flexibility index (Phi) is 4.43. The Hall–Kier alpha value is -1.02. The maximum Gasteiger partial charge on any atom is 0.321 e. The first-order valence-electron chi connectivity index (χ1n) is 6.11. The Morgan fingerprint density at radius 1 is 1.24 bits per heavy atom. The Labute approximate surface area is 107 Å². The van der Waals surface area contributed by atoms with Gasteiger partial charge in [-0.15, -0.1) is 11.6 Å². The predicted molar refractivity (Wildman–Crippen MR) is 68.3 cm³/mol. The average Bonchev–Trinajstić information content (AvgIpc) is 2.40. The summed E-state index contributed by atoms with van der Waals surface area (Å²) in [5.41, 5.74) is 1.26. The fraction of sp³-hybridized carbons (Fsp3) is 0.500. The van der Waals surface area contributed by atoms with E-state index in [1.54, 1.807) is 0 Å². The van der Waals surface area contributed by atoms with Gasteiger partial charge in [-0.1, -0.05) is 36.8 Å². The number of hydrogen-bond donors (Lipinski definition) is 0. The van der Waals surface area contributed by atoms with Crippen LogP contribution in [0.4, 0.5) is 0 Å². The van der Waals surface area contributed by atoms with Crippen molar-refractivity contribution < 1.29 is 9.53 Å². The third-order valence-corrected chi connectivity index (χ3v) is 3.54. The van der Waals surface area contributed by atoms with Crippen LogP contribution in [0.1, 0.15) is 37.2 Å². The first kappa shape index (κ1) is 12.4. The molecule has 0 heterocycles. The van der Waals surface area contributed by atoms with Gasteiger partial charge in [-0.2, -0.15) is 0 Å². The molecule has 0 amide bonds. The number of halogens is 1. The summed E-state index contributed by atoms with van der Waals surface area (Å²) < 4.78 is 5.44. The summed E-state index contributed by atoms with van der Waals surface area (Å²) in [5.74, 6) is -0.0329. The number of esters is 1. The van der Waals surface area contributed by atoms with Gasteiger partial charge in [0.1, 0.15) is 12.0 Å². The van der Waals surface area contributed by atoms with E-state index in [9.17, 15) is 4.79 Å². The van der Waals surface area contributed by atoms with E-state index in [-0.39, 0.29) is 18.0 Å². The van der Waals surface area contributed by atoms with Crippen molar-refractivity contribution in [1.29, 1.82) is 0 Å². The molecule has 2 rings (SSSR count). The van der Waals surface area contributed by atoms with Crippen LogP contribution in [0.5, 0.6) is 0 Å². The van der Waals surface area contributed by atoms with Crippen molar-refractivity contribution >= 4 is 17.6 Å². The van der Waals surface area contributed by atoms with Gasteiger partial charge < -0.3 is 4.74 Å². The van der Waals surface area contributed by atoms with Crippen molar-refractivity contribution in [1.82, 2.24) is 0 Å². The number of hydrogen-bond acceptors (Lipinski definition) is 2. The van der Waals surface area contributed by atoms with Crippen LogP contribution in [0.25, 0.3) is 0 Å². The van der Waals surface area contributed by atoms with Crippen molar-refractivity contribution in [2.45, 2.75) is 37.7 Å². The van der Waals surface area contributed by atoms with E-state index in [0.29, 0.717) is 5.92 Å². The molecule has 0 saturated heterocycles. The predicted octanol–water partition coefficient (Wildman–Crippen LogP) is 3.49. The van der Waals surface area contributed by atoms with E-state index in [1.165, 1.54) is 12.0 Å². The van der Waals surface area contributed by atoms with Crippen LogP contribution in [0.15, 0.2) is 30.3 Å². The molecule has 0 bridgehead atoms. The zero-order chi connectivity index (χ0) is 12.1. The number of alkyl halides is 1. The molecular weight excluding hydrogens is 236 g/mol. The third kappa shape index (κ3) is 3.22. The SMILES string of the molecule is O=C(CCl)OC1CCCCC1c1ccccc1. The lowest BCUT2D eigenvalue weighted by Gasteiger charge is -2.31. The van der Waals surface area contributed by atoms with Gasteiger partial charge in [0, 0.05) is 5.92 Å². The van der Waals surface area contributed by atoms with E-state index in [0.717, 1.165) is 19.3 Å². The van der Waals surface area contributed by atoms with E-state index < -0.39 is 0 Å². The monoisotopic (exact) mass is 252 g/mol. The second kappa shape index (κ2) is 6.06. The van der Waals surface area contributed by atoms with Crippen LogP contribution in [0, 0.1) is 0 Å². The summed E-state index contributed by atoms with van der Waals surface area (Å²) >= 11 is 5.49. The standard InChI is InChI=1S/C14H17ClO2/c15-10-14(16)17-13-9-5-4-8-12(13)11-6-2-1-3-7-11/h1-3,6-7,12-13H,4-5,8-10H2. The minimum absolute atomic E-state index is 0.00241. The molecule has 1 aromatic rings. The third-order valence-electron chi connectivity index (χ3n) is 3.32. The van der Waals surface area contributed by atoms with Crippen molar-refractivity contribution in [3.8, 4) is 0 Å². The van der Waals surface area contributed by atoms with Gasteiger partial charge in [0.25, 0.3) is 0 Å². The summed E-state index contributed by atoms with van der Waals surface area (Å²) in [7, 11) is 0. The smallest absolute Gasteiger partial charge is 0.321 e. The van der Waals surface area contributed by atoms with Gasteiger partial charge in [-0.05, 0) is 24.8 Å². The molecule has 0 spiro atoms. The number of rotatable bonds is 3. The maximum absolute atomic E-state index is 11.3. The molecule has 3 heteroatoms. The molecule has 2 atom stereocenters. The van der Waals surface area contributed by atoms with E-state index in [1.807, 2.05) is 18.2 Å². The number of benzene rings is 1. The molecule has 2 nitrogen and oxygen atoms in total. The summed E-state index contributed by atoms with van der Waals surface area (Å²) in [6, 6.07) is 10.3. The average molecular weight is 253 g/mol. The highest BCUT2D eigenvalue weighted by molar-refractivity contribution is 6.26. The van der Waals surface area contributed by atoms with Gasteiger partial charge in [-0.25, -0.2) is 0 Å². The second-order valence-corrected chi connectivity index (χ2v) is 4.73. The molecule has 1 saturated carbocycles. The van der Waals surface area contributed by atoms with Crippen molar-refractivity contribution in [2.75, 3.05) is 5.88 Å². The summed E-state index contributed by atoms with van der Waals surface area (Å²) in [5, 5.41) is 0. The van der Waals surface area contributed by atoms with Gasteiger partial charge in [0.2, 0.25) is 0 Å². The molecule has 2 unspecified atom stereocenters. The fourth-order valence-corrected chi connectivity index (χ4v) is 2.58. The lowest BCUT2D eigenvalue weighted by Crippen LogP contribution is -2.29. The zero-order valence-electron chi connectivity index (χ0n) is 9.77. The van der Waals surface area contributed by atoms with E-state index in [2.05, 4.69) is 12.1 Å². The Morgan fingerprint density at radius 3 is 2.65 bits per heavy atom. The van der Waals surface area contributed by atoms with Crippen molar-refractivity contribution in [3.63, 3.8) is 0 Å². The molecule has 92 valence electrons. The van der Waals surface area contributed by atoms with Gasteiger partial charge in [0.05, 0.1) is 0 Å². The summed E-state index contributed by atoms with van der Waals surface area (Å²) in [6.45, 7) is 0. The van der Waals surface area contributed by atoms with Crippen LogP contribution in [0.3, 0.4) is 0 Å². The largest absolute Gasteiger partial charge is 0.461 e. The Bertz CT molecular complexity index is 364. The van der Waals surface area contributed by atoms with Crippen LogP contribution in [0.2, 0.25) is 0 Å². The molecule has 0 N–H and O–H groups in total. The first-order valence-corrected chi connectivity index (χ1v) is 6.65. The van der Waals surface area contributed by atoms with Gasteiger partial charge >= 0.3 is 5.97 Å². The fourth-order valence-electron chi connectivity index (χ4n) is 2.52. The van der Waals surface area contributed by atoms with Crippen LogP contribution < -0.4 is 0 Å². The molecular formula is C14H17ClO2. The lowest BCUT2D eigenvalue weighted by atomic mass is 9.81. The first-order chi connectivity index (χ1) is 8.31. The molecule has 0 radical (unpaired) electrons. The van der Waals surface area contributed by atoms with Crippen LogP contribution >= 0.6 is 11.6 Å². The topological polar surface area (TPSA) is 26.3 Å². The summed E-state index contributed by atoms with van der Waals surface area (Å²) in [4.78, 5) is 11.3. The molecule has 17 heavy (non-hydrogen) atoms. The zero-order valence-corrected chi connectivity index (χ0v) is 10.5. The van der Waals surface area contributed by atoms with Crippen LogP contribution in [-0.2, 0) is 9.53 Å². The normalized spacial score (nSPS) is 24.3. The molecule has 0 aromatic heterocycles. The second-order valence-electron chi connectivity index (χ2n) is 4.46. The highest BCUT2D eigenvalue weighted by Crippen LogP contribution is 2.34. The van der Waals surface area contributed by atoms with Gasteiger partial charge in [0.15, 0.2) is 0 Å². The van der Waals surface area contributed by atoms with Gasteiger partial charge in [-0.3, -0.25) is 4.79 Å². The number of carbonyl (C=O) groups excluding carboxylic acids is 1. The molecule has 0 aliphatic heterocycles. The van der Waals surface area contributed by atoms with Crippen LogP contribution in [-0.4, -0.2) is 18.0 Å². The highest BCUT2D eigenvalue weighted by Gasteiger charge is 2.29. The van der Waals surface area contributed by atoms with Crippen molar-refractivity contribution in [2.24, 2.45) is 0 Å². The number of carbonyl (C=O) groups is 1.